The summed E-state index contributed by atoms with van der Waals surface area (Å²) in [6, 6.07) is 14.5. The first-order chi connectivity index (χ1) is 19.3. The van der Waals surface area contributed by atoms with E-state index in [1.807, 2.05) is 49.3 Å². The maximum atomic E-state index is 12.3. The third-order valence-electron chi connectivity index (χ3n) is 4.96. The number of likely N-dealkylation sites (N-methyl/N-ethyl adjacent to an activating group) is 1. The van der Waals surface area contributed by atoms with Gasteiger partial charge in [0.05, 0.1) is 7.11 Å². The van der Waals surface area contributed by atoms with Gasteiger partial charge in [-0.3, -0.25) is 4.79 Å². The van der Waals surface area contributed by atoms with E-state index >= 15 is 0 Å². The van der Waals surface area contributed by atoms with Gasteiger partial charge in [-0.2, -0.15) is 18.2 Å². The van der Waals surface area contributed by atoms with Crippen LogP contribution in [0.1, 0.15) is 10.4 Å². The summed E-state index contributed by atoms with van der Waals surface area (Å²) in [7, 11) is 6.92. The van der Waals surface area contributed by atoms with Crippen molar-refractivity contribution >= 4 is 35.0 Å². The van der Waals surface area contributed by atoms with Crippen LogP contribution in [0.25, 0.3) is 0 Å². The zero-order valence-electron chi connectivity index (χ0n) is 22.7. The number of aliphatic hydroxyl groups excluding tert-OH is 1. The number of anilines is 4. The largest absolute Gasteiger partial charge is 0.497 e. The molecule has 12 nitrogen and oxygen atoms in total. The number of carboxylic acid groups (broad SMARTS) is 1. The van der Waals surface area contributed by atoms with Crippen molar-refractivity contribution < 1.29 is 42.4 Å². The van der Waals surface area contributed by atoms with Crippen molar-refractivity contribution in [2.24, 2.45) is 0 Å². The van der Waals surface area contributed by atoms with Crippen molar-refractivity contribution in [3.05, 3.63) is 60.3 Å². The molecular weight excluding hydrogens is 549 g/mol. The molecule has 1 amide bonds. The van der Waals surface area contributed by atoms with Crippen molar-refractivity contribution in [2.45, 2.75) is 12.3 Å². The minimum atomic E-state index is -5.08. The zero-order valence-corrected chi connectivity index (χ0v) is 22.7. The van der Waals surface area contributed by atoms with E-state index in [2.05, 4.69) is 25.9 Å². The van der Waals surface area contributed by atoms with E-state index in [9.17, 15) is 23.1 Å². The van der Waals surface area contributed by atoms with Gasteiger partial charge in [0.15, 0.2) is 0 Å². The number of amides is 1. The van der Waals surface area contributed by atoms with Crippen LogP contribution in [0.3, 0.4) is 0 Å². The first kappa shape index (κ1) is 32.6. The Kier molecular flexibility index (Phi) is 12.1. The average Bonchev–Trinajstić information content (AvgIpc) is 2.92. The van der Waals surface area contributed by atoms with Crippen LogP contribution in [-0.4, -0.2) is 90.6 Å². The highest BCUT2D eigenvalue weighted by Gasteiger charge is 2.38. The highest BCUT2D eigenvalue weighted by atomic mass is 19.4. The van der Waals surface area contributed by atoms with Crippen molar-refractivity contribution in [2.75, 3.05) is 52.0 Å². The van der Waals surface area contributed by atoms with Crippen LogP contribution in [0.2, 0.25) is 0 Å². The Hall–Kier alpha value is -4.63. The second-order valence-electron chi connectivity index (χ2n) is 8.57. The quantitative estimate of drug-likeness (QED) is 0.227. The van der Waals surface area contributed by atoms with Crippen molar-refractivity contribution in [1.82, 2.24) is 20.2 Å². The smallest absolute Gasteiger partial charge is 0.490 e. The fourth-order valence-electron chi connectivity index (χ4n) is 3.11. The Morgan fingerprint density at radius 3 is 2.27 bits per heavy atom. The lowest BCUT2D eigenvalue weighted by Gasteiger charge is -2.16. The summed E-state index contributed by atoms with van der Waals surface area (Å²) in [5, 5.41) is 25.9. The van der Waals surface area contributed by atoms with E-state index in [4.69, 9.17) is 19.4 Å². The second kappa shape index (κ2) is 15.2. The lowest BCUT2D eigenvalue weighted by molar-refractivity contribution is -0.192. The molecule has 0 spiro atoms. The molecule has 5 N–H and O–H groups in total. The maximum Gasteiger partial charge on any atom is 0.490 e. The molecule has 0 aliphatic heterocycles. The number of nitrogens with zero attached hydrogens (tertiary/aromatic N) is 3. The van der Waals surface area contributed by atoms with Gasteiger partial charge in [-0.25, -0.2) is 9.78 Å². The number of alkyl halides is 3. The Morgan fingerprint density at radius 1 is 1.05 bits per heavy atom. The monoisotopic (exact) mass is 580 g/mol. The number of nitrogens with one attached hydrogen (secondary N) is 3. The number of hydrogen-bond donors (Lipinski definition) is 5. The van der Waals surface area contributed by atoms with Gasteiger partial charge in [0.25, 0.3) is 5.91 Å². The molecule has 1 unspecified atom stereocenters. The number of ether oxygens (including phenoxy) is 2. The lowest BCUT2D eigenvalue weighted by Crippen LogP contribution is -2.30. The molecular formula is C26H31F3N6O6. The highest BCUT2D eigenvalue weighted by molar-refractivity contribution is 5.99. The van der Waals surface area contributed by atoms with Gasteiger partial charge in [-0.1, -0.05) is 6.07 Å². The maximum absolute atomic E-state index is 12.3. The van der Waals surface area contributed by atoms with Crippen molar-refractivity contribution in [3.63, 3.8) is 0 Å². The van der Waals surface area contributed by atoms with Crippen LogP contribution >= 0.6 is 0 Å². The van der Waals surface area contributed by atoms with Gasteiger partial charge < -0.3 is 40.5 Å². The number of aromatic nitrogens is 2. The van der Waals surface area contributed by atoms with Gasteiger partial charge in [0, 0.05) is 37.2 Å². The van der Waals surface area contributed by atoms with E-state index in [1.165, 1.54) is 6.20 Å². The number of carbonyl (C=O) groups excluding carboxylic acids is 1. The number of aliphatic carboxylic acids is 1. The van der Waals surface area contributed by atoms with E-state index in [0.29, 0.717) is 41.1 Å². The fraction of sp³-hybridized carbons (Fsp3) is 0.308. The molecule has 3 aromatic rings. The van der Waals surface area contributed by atoms with Gasteiger partial charge in [0.2, 0.25) is 5.95 Å². The van der Waals surface area contributed by atoms with Crippen LogP contribution in [0.15, 0.2) is 54.7 Å². The molecule has 0 bridgehead atoms. The van der Waals surface area contributed by atoms with Gasteiger partial charge in [-0.15, -0.1) is 0 Å². The van der Waals surface area contributed by atoms with E-state index in [0.717, 1.165) is 5.69 Å². The number of rotatable bonds is 11. The van der Waals surface area contributed by atoms with Crippen LogP contribution in [-0.2, 0) is 4.79 Å². The van der Waals surface area contributed by atoms with Crippen LogP contribution < -0.4 is 25.4 Å². The number of aliphatic hydroxyl groups is 1. The van der Waals surface area contributed by atoms with Crippen LogP contribution in [0.5, 0.6) is 11.5 Å². The summed E-state index contributed by atoms with van der Waals surface area (Å²) in [4.78, 5) is 31.9. The number of benzene rings is 2. The molecule has 0 saturated heterocycles. The Bertz CT molecular complexity index is 1290. The molecule has 1 atom stereocenters. The van der Waals surface area contributed by atoms with Gasteiger partial charge in [0.1, 0.15) is 35.6 Å². The minimum absolute atomic E-state index is 0.203. The Morgan fingerprint density at radius 2 is 1.71 bits per heavy atom. The fourth-order valence-corrected chi connectivity index (χ4v) is 3.11. The molecule has 0 fully saturated rings. The molecule has 0 aliphatic carbocycles. The molecule has 1 heterocycles. The SMILES string of the molecule is CNC(=O)c1cnc(Nc2ccc(OCC(O)CN(C)C)cc2)nc1Nc1cccc(OC)c1.O=C(O)C(F)(F)F. The number of carboxylic acids is 1. The summed E-state index contributed by atoms with van der Waals surface area (Å²) in [6.07, 6.45) is -4.20. The molecule has 41 heavy (non-hydrogen) atoms. The average molecular weight is 581 g/mol. The summed E-state index contributed by atoms with van der Waals surface area (Å²) in [5.41, 5.74) is 1.75. The normalized spacial score (nSPS) is 11.5. The van der Waals surface area contributed by atoms with E-state index < -0.39 is 18.2 Å². The molecule has 15 heteroatoms. The molecule has 1 aromatic heterocycles. The van der Waals surface area contributed by atoms with Gasteiger partial charge in [-0.05, 0) is 50.5 Å². The first-order valence-corrected chi connectivity index (χ1v) is 11.9. The molecule has 3 rings (SSSR count). The van der Waals surface area contributed by atoms with E-state index in [-0.39, 0.29) is 12.5 Å². The summed E-state index contributed by atoms with van der Waals surface area (Å²) >= 11 is 0. The third kappa shape index (κ3) is 11.2. The minimum Gasteiger partial charge on any atom is -0.497 e. The summed E-state index contributed by atoms with van der Waals surface area (Å²) < 4.78 is 42.6. The lowest BCUT2D eigenvalue weighted by atomic mass is 10.2. The van der Waals surface area contributed by atoms with E-state index in [1.54, 1.807) is 32.4 Å². The zero-order chi connectivity index (χ0) is 30.6. The summed E-state index contributed by atoms with van der Waals surface area (Å²) in [5.74, 6) is -1.09. The Balaban J connectivity index is 0.000000745. The number of carbonyl (C=O) groups is 2. The molecule has 0 saturated carbocycles. The molecule has 2 aromatic carbocycles. The Labute approximate surface area is 234 Å². The van der Waals surface area contributed by atoms with Crippen molar-refractivity contribution in [3.8, 4) is 11.5 Å². The topological polar surface area (TPSA) is 158 Å². The number of halogens is 3. The second-order valence-corrected chi connectivity index (χ2v) is 8.57. The number of methoxy groups -OCH3 is 1. The molecule has 222 valence electrons. The first-order valence-electron chi connectivity index (χ1n) is 11.9. The predicted octanol–water partition coefficient (Wildman–Crippen LogP) is 3.27. The highest BCUT2D eigenvalue weighted by Crippen LogP contribution is 2.25. The van der Waals surface area contributed by atoms with Gasteiger partial charge >= 0.3 is 12.1 Å². The third-order valence-corrected chi connectivity index (χ3v) is 4.96. The standard InChI is InChI=1S/C24H30N6O4.C2HF3O2/c1-25-23(32)21-13-26-24(29-22(21)27-17-6-5-7-20(12-17)33-4)28-16-8-10-19(11-9-16)34-15-18(31)14-30(2)3;3-2(4,5)1(6)7/h5-13,18,31H,14-15H2,1-4H3,(H,25,32)(H2,26,27,28,29);(H,6,7). The summed E-state index contributed by atoms with van der Waals surface area (Å²) in [6.45, 7) is 0.726. The van der Waals surface area contributed by atoms with Crippen LogP contribution in [0.4, 0.5) is 36.3 Å². The van der Waals surface area contributed by atoms with Crippen molar-refractivity contribution in [1.29, 1.82) is 0 Å². The molecule has 0 aliphatic rings. The molecule has 0 radical (unpaired) electrons. The predicted molar refractivity (Wildman–Crippen MR) is 145 cm³/mol. The number of hydrogen-bond acceptors (Lipinski definition) is 10. The van der Waals surface area contributed by atoms with Crippen LogP contribution in [0, 0.1) is 0 Å².